The Kier molecular flexibility index (Phi) is 3.67. The molecule has 0 spiro atoms. The molecule has 0 bridgehead atoms. The highest BCUT2D eigenvalue weighted by Crippen LogP contribution is 2.24. The topological polar surface area (TPSA) is 67.2 Å². The quantitative estimate of drug-likeness (QED) is 0.577. The molecule has 0 saturated carbocycles. The number of nitrogens with one attached hydrogen (secondary N) is 1. The van der Waals surface area contributed by atoms with E-state index in [1.807, 2.05) is 30.3 Å². The third-order valence-corrected chi connectivity index (χ3v) is 3.18. The molecular formula is C16H12FN3O2. The summed E-state index contributed by atoms with van der Waals surface area (Å²) in [6, 6.07) is 16.7. The van der Waals surface area contributed by atoms with E-state index in [9.17, 15) is 9.18 Å². The normalized spacial score (nSPS) is 10.5. The summed E-state index contributed by atoms with van der Waals surface area (Å²) in [5, 5.41) is 12.9. The lowest BCUT2D eigenvalue weighted by molar-refractivity contribution is 0.0700. The van der Waals surface area contributed by atoms with Gasteiger partial charge in [-0.05, 0) is 30.3 Å². The summed E-state index contributed by atoms with van der Waals surface area (Å²) in [5.74, 6) is -1.07. The van der Waals surface area contributed by atoms with Crippen LogP contribution < -0.4 is 5.48 Å². The van der Waals surface area contributed by atoms with E-state index in [4.69, 9.17) is 5.21 Å². The molecule has 1 heterocycles. The minimum atomic E-state index is -0.710. The van der Waals surface area contributed by atoms with Crippen LogP contribution in [-0.2, 0) is 0 Å². The molecule has 0 saturated heterocycles. The second kappa shape index (κ2) is 5.79. The van der Waals surface area contributed by atoms with Crippen molar-refractivity contribution in [2.75, 3.05) is 0 Å². The first-order valence-corrected chi connectivity index (χ1v) is 6.55. The average molecular weight is 297 g/mol. The SMILES string of the molecule is O=C(NO)c1cc(-c2ccccc2)n(-c2ccc(F)cc2)n1. The van der Waals surface area contributed by atoms with E-state index in [2.05, 4.69) is 5.10 Å². The molecule has 0 radical (unpaired) electrons. The molecule has 3 rings (SSSR count). The second-order valence-corrected chi connectivity index (χ2v) is 4.61. The Balaban J connectivity index is 2.17. The van der Waals surface area contributed by atoms with Gasteiger partial charge in [0.15, 0.2) is 5.69 Å². The number of hydrogen-bond acceptors (Lipinski definition) is 3. The van der Waals surface area contributed by atoms with Gasteiger partial charge in [-0.1, -0.05) is 30.3 Å². The van der Waals surface area contributed by atoms with Crippen molar-refractivity contribution in [2.24, 2.45) is 0 Å². The maximum absolute atomic E-state index is 13.1. The van der Waals surface area contributed by atoms with E-state index in [0.29, 0.717) is 11.4 Å². The first-order valence-electron chi connectivity index (χ1n) is 6.55. The molecule has 110 valence electrons. The molecule has 22 heavy (non-hydrogen) atoms. The number of carbonyl (C=O) groups excluding carboxylic acids is 1. The van der Waals surface area contributed by atoms with Crippen LogP contribution in [0.2, 0.25) is 0 Å². The zero-order valence-electron chi connectivity index (χ0n) is 11.4. The van der Waals surface area contributed by atoms with E-state index >= 15 is 0 Å². The Labute approximate surface area is 125 Å². The molecule has 6 heteroatoms. The first kappa shape index (κ1) is 14.0. The Morgan fingerprint density at radius 3 is 2.41 bits per heavy atom. The van der Waals surface area contributed by atoms with Gasteiger partial charge in [0.25, 0.3) is 5.91 Å². The zero-order chi connectivity index (χ0) is 15.5. The van der Waals surface area contributed by atoms with Crippen molar-refractivity contribution in [1.29, 1.82) is 0 Å². The van der Waals surface area contributed by atoms with Gasteiger partial charge >= 0.3 is 0 Å². The van der Waals surface area contributed by atoms with Crippen LogP contribution in [0.3, 0.4) is 0 Å². The van der Waals surface area contributed by atoms with E-state index in [0.717, 1.165) is 5.56 Å². The van der Waals surface area contributed by atoms with Crippen molar-refractivity contribution in [2.45, 2.75) is 0 Å². The molecule has 1 amide bonds. The summed E-state index contributed by atoms with van der Waals surface area (Å²) in [5.41, 5.74) is 3.73. The summed E-state index contributed by atoms with van der Waals surface area (Å²) >= 11 is 0. The van der Waals surface area contributed by atoms with Gasteiger partial charge in [0.2, 0.25) is 0 Å². The lowest BCUT2D eigenvalue weighted by Gasteiger charge is -2.07. The molecule has 2 aromatic carbocycles. The van der Waals surface area contributed by atoms with Crippen molar-refractivity contribution >= 4 is 5.91 Å². The van der Waals surface area contributed by atoms with Crippen LogP contribution in [-0.4, -0.2) is 20.9 Å². The lowest BCUT2D eigenvalue weighted by atomic mass is 10.1. The maximum Gasteiger partial charge on any atom is 0.295 e. The van der Waals surface area contributed by atoms with Crippen LogP contribution >= 0.6 is 0 Å². The second-order valence-electron chi connectivity index (χ2n) is 4.61. The van der Waals surface area contributed by atoms with Gasteiger partial charge in [-0.25, -0.2) is 14.6 Å². The van der Waals surface area contributed by atoms with Gasteiger partial charge in [-0.15, -0.1) is 0 Å². The highest BCUT2D eigenvalue weighted by molar-refractivity contribution is 5.92. The highest BCUT2D eigenvalue weighted by atomic mass is 19.1. The molecule has 0 atom stereocenters. The number of benzene rings is 2. The maximum atomic E-state index is 13.1. The number of amides is 1. The van der Waals surface area contributed by atoms with Crippen LogP contribution in [0, 0.1) is 5.82 Å². The number of halogens is 1. The van der Waals surface area contributed by atoms with Gasteiger partial charge in [0, 0.05) is 5.56 Å². The van der Waals surface area contributed by atoms with Gasteiger partial charge < -0.3 is 0 Å². The summed E-state index contributed by atoms with van der Waals surface area (Å²) in [6.07, 6.45) is 0. The number of hydrogen-bond donors (Lipinski definition) is 2. The summed E-state index contributed by atoms with van der Waals surface area (Å²) in [4.78, 5) is 11.6. The van der Waals surface area contributed by atoms with E-state index in [-0.39, 0.29) is 11.5 Å². The van der Waals surface area contributed by atoms with Crippen molar-refractivity contribution in [3.05, 3.63) is 72.2 Å². The molecule has 0 fully saturated rings. The Morgan fingerprint density at radius 2 is 1.77 bits per heavy atom. The molecule has 1 aromatic heterocycles. The van der Waals surface area contributed by atoms with Crippen LogP contribution in [0.1, 0.15) is 10.5 Å². The van der Waals surface area contributed by atoms with Gasteiger partial charge in [-0.3, -0.25) is 10.0 Å². The molecule has 5 nitrogen and oxygen atoms in total. The predicted octanol–water partition coefficient (Wildman–Crippen LogP) is 2.80. The van der Waals surface area contributed by atoms with Gasteiger partial charge in [0.1, 0.15) is 5.82 Å². The van der Waals surface area contributed by atoms with Crippen molar-refractivity contribution in [1.82, 2.24) is 15.3 Å². The summed E-state index contributed by atoms with van der Waals surface area (Å²) in [6.45, 7) is 0. The Bertz CT molecular complexity index is 798. The first-order chi connectivity index (χ1) is 10.7. The van der Waals surface area contributed by atoms with Crippen LogP contribution in [0.5, 0.6) is 0 Å². The predicted molar refractivity (Wildman–Crippen MR) is 78.2 cm³/mol. The Hall–Kier alpha value is -2.99. The summed E-state index contributed by atoms with van der Waals surface area (Å²) in [7, 11) is 0. The van der Waals surface area contributed by atoms with Crippen molar-refractivity contribution in [3.8, 4) is 16.9 Å². The van der Waals surface area contributed by atoms with E-state index < -0.39 is 5.91 Å². The lowest BCUT2D eigenvalue weighted by Crippen LogP contribution is -2.19. The third kappa shape index (κ3) is 2.59. The van der Waals surface area contributed by atoms with E-state index in [1.165, 1.54) is 16.8 Å². The number of aromatic nitrogens is 2. The average Bonchev–Trinajstić information content (AvgIpc) is 3.01. The number of rotatable bonds is 3. The third-order valence-electron chi connectivity index (χ3n) is 3.18. The zero-order valence-corrected chi connectivity index (χ0v) is 11.4. The standard InChI is InChI=1S/C16H12FN3O2/c17-12-6-8-13(9-7-12)20-15(11-4-2-1-3-5-11)10-14(18-20)16(21)19-22/h1-10,22H,(H,19,21). The van der Waals surface area contributed by atoms with Gasteiger partial charge in [0.05, 0.1) is 11.4 Å². The number of hydroxylamine groups is 1. The van der Waals surface area contributed by atoms with Gasteiger partial charge in [-0.2, -0.15) is 5.10 Å². The van der Waals surface area contributed by atoms with Crippen molar-refractivity contribution in [3.63, 3.8) is 0 Å². The van der Waals surface area contributed by atoms with Crippen LogP contribution in [0.15, 0.2) is 60.7 Å². The molecule has 0 aliphatic carbocycles. The van der Waals surface area contributed by atoms with Crippen LogP contribution in [0.4, 0.5) is 4.39 Å². The van der Waals surface area contributed by atoms with Crippen molar-refractivity contribution < 1.29 is 14.4 Å². The molecular weight excluding hydrogens is 285 g/mol. The molecule has 3 aromatic rings. The van der Waals surface area contributed by atoms with E-state index in [1.54, 1.807) is 23.7 Å². The minimum Gasteiger partial charge on any atom is -0.288 e. The monoisotopic (exact) mass is 297 g/mol. The molecule has 2 N–H and O–H groups in total. The number of nitrogens with zero attached hydrogens (tertiary/aromatic N) is 2. The minimum absolute atomic E-state index is 0.0608. The Morgan fingerprint density at radius 1 is 1.09 bits per heavy atom. The number of carbonyl (C=O) groups is 1. The summed E-state index contributed by atoms with van der Waals surface area (Å²) < 4.78 is 14.6. The fraction of sp³-hybridized carbons (Fsp3) is 0. The smallest absolute Gasteiger partial charge is 0.288 e. The highest BCUT2D eigenvalue weighted by Gasteiger charge is 2.16. The molecule has 0 unspecified atom stereocenters. The molecule has 0 aliphatic rings. The largest absolute Gasteiger partial charge is 0.295 e. The molecule has 0 aliphatic heterocycles. The fourth-order valence-corrected chi connectivity index (χ4v) is 2.14. The fourth-order valence-electron chi connectivity index (χ4n) is 2.14. The van der Waals surface area contributed by atoms with Crippen LogP contribution in [0.25, 0.3) is 16.9 Å².